The molecule has 0 aliphatic heterocycles. The van der Waals surface area contributed by atoms with E-state index in [2.05, 4.69) is 9.44 Å². The molecule has 1 rings (SSSR count). The SMILES string of the molecule is CSNC(=O)c1cccc(C(=O)NSC)c1. The first-order valence-corrected chi connectivity index (χ1v) is 6.90. The Bertz CT molecular complexity index is 363. The molecule has 0 saturated heterocycles. The average molecular weight is 256 g/mol. The van der Waals surface area contributed by atoms with Gasteiger partial charge in [0.1, 0.15) is 0 Å². The molecule has 4 nitrogen and oxygen atoms in total. The Balaban J connectivity index is 2.86. The van der Waals surface area contributed by atoms with E-state index >= 15 is 0 Å². The van der Waals surface area contributed by atoms with Crippen LogP contribution in [0.5, 0.6) is 0 Å². The number of nitrogens with one attached hydrogen (secondary N) is 2. The lowest BCUT2D eigenvalue weighted by molar-refractivity contribution is 0.0983. The molecule has 2 N–H and O–H groups in total. The smallest absolute Gasteiger partial charge is 0.261 e. The van der Waals surface area contributed by atoms with Crippen LogP contribution in [0.2, 0.25) is 0 Å². The first-order chi connectivity index (χ1) is 7.69. The minimum Gasteiger partial charge on any atom is -0.296 e. The fourth-order valence-electron chi connectivity index (χ4n) is 1.10. The summed E-state index contributed by atoms with van der Waals surface area (Å²) < 4.78 is 5.20. The van der Waals surface area contributed by atoms with Crippen molar-refractivity contribution in [3.8, 4) is 0 Å². The normalized spacial score (nSPS) is 9.62. The van der Waals surface area contributed by atoms with Gasteiger partial charge in [0.2, 0.25) is 0 Å². The third-order valence-electron chi connectivity index (χ3n) is 1.78. The van der Waals surface area contributed by atoms with Gasteiger partial charge in [0, 0.05) is 23.6 Å². The highest BCUT2D eigenvalue weighted by molar-refractivity contribution is 7.97. The van der Waals surface area contributed by atoms with Crippen LogP contribution in [0.15, 0.2) is 24.3 Å². The molecular formula is C10H12N2O2S2. The summed E-state index contributed by atoms with van der Waals surface area (Å²) in [7, 11) is 0. The van der Waals surface area contributed by atoms with Crippen molar-refractivity contribution in [1.82, 2.24) is 9.44 Å². The van der Waals surface area contributed by atoms with Gasteiger partial charge >= 0.3 is 0 Å². The zero-order valence-electron chi connectivity index (χ0n) is 8.94. The van der Waals surface area contributed by atoms with Crippen LogP contribution in [0.3, 0.4) is 0 Å². The van der Waals surface area contributed by atoms with E-state index in [1.807, 2.05) is 0 Å². The predicted molar refractivity (Wildman–Crippen MR) is 68.4 cm³/mol. The fourth-order valence-corrected chi connectivity index (χ4v) is 1.71. The summed E-state index contributed by atoms with van der Waals surface area (Å²) >= 11 is 2.45. The van der Waals surface area contributed by atoms with Crippen LogP contribution in [-0.4, -0.2) is 24.3 Å². The van der Waals surface area contributed by atoms with Crippen molar-refractivity contribution in [1.29, 1.82) is 0 Å². The zero-order valence-corrected chi connectivity index (χ0v) is 10.6. The van der Waals surface area contributed by atoms with E-state index in [1.54, 1.807) is 36.8 Å². The van der Waals surface area contributed by atoms with Gasteiger partial charge in [-0.05, 0) is 18.2 Å². The average Bonchev–Trinajstić information content (AvgIpc) is 2.30. The number of carbonyl (C=O) groups is 2. The lowest BCUT2D eigenvalue weighted by atomic mass is 10.1. The summed E-state index contributed by atoms with van der Waals surface area (Å²) in [6.07, 6.45) is 3.53. The molecule has 16 heavy (non-hydrogen) atoms. The maximum Gasteiger partial charge on any atom is 0.261 e. The third-order valence-corrected chi connectivity index (χ3v) is 2.56. The zero-order chi connectivity index (χ0) is 12.0. The van der Waals surface area contributed by atoms with Crippen molar-refractivity contribution >= 4 is 35.7 Å². The molecule has 0 aliphatic carbocycles. The Morgan fingerprint density at radius 3 is 1.81 bits per heavy atom. The molecular weight excluding hydrogens is 244 g/mol. The van der Waals surface area contributed by atoms with E-state index in [4.69, 9.17) is 0 Å². The second-order valence-corrected chi connectivity index (χ2v) is 4.08. The van der Waals surface area contributed by atoms with Crippen molar-refractivity contribution in [2.24, 2.45) is 0 Å². The predicted octanol–water partition coefficient (Wildman–Crippen LogP) is 1.70. The maximum atomic E-state index is 11.5. The Labute approximate surface area is 103 Å². The molecule has 0 heterocycles. The number of hydrogen-bond acceptors (Lipinski definition) is 4. The second kappa shape index (κ2) is 6.44. The Morgan fingerprint density at radius 1 is 1.00 bits per heavy atom. The van der Waals surface area contributed by atoms with Gasteiger partial charge in [-0.15, -0.1) is 0 Å². The van der Waals surface area contributed by atoms with E-state index in [0.29, 0.717) is 11.1 Å². The van der Waals surface area contributed by atoms with E-state index in [1.165, 1.54) is 23.9 Å². The summed E-state index contributed by atoms with van der Waals surface area (Å²) in [5.41, 5.74) is 0.950. The van der Waals surface area contributed by atoms with Crippen molar-refractivity contribution in [2.75, 3.05) is 12.5 Å². The number of carbonyl (C=O) groups excluding carboxylic acids is 2. The molecule has 0 saturated carbocycles. The van der Waals surface area contributed by atoms with Crippen LogP contribution in [0.1, 0.15) is 20.7 Å². The largest absolute Gasteiger partial charge is 0.296 e. The maximum absolute atomic E-state index is 11.5. The van der Waals surface area contributed by atoms with Crippen molar-refractivity contribution in [3.05, 3.63) is 35.4 Å². The Kier molecular flexibility index (Phi) is 5.21. The third kappa shape index (κ3) is 3.46. The highest BCUT2D eigenvalue weighted by Crippen LogP contribution is 2.07. The summed E-state index contributed by atoms with van der Waals surface area (Å²) in [4.78, 5) is 23.0. The standard InChI is InChI=1S/C10H12N2O2S2/c1-15-11-9(13)7-4-3-5-8(6-7)10(14)12-16-2/h3-6H,1-2H3,(H,11,13)(H,12,14). The molecule has 0 unspecified atom stereocenters. The van der Waals surface area contributed by atoms with Crippen LogP contribution in [0, 0.1) is 0 Å². The molecule has 86 valence electrons. The highest BCUT2D eigenvalue weighted by Gasteiger charge is 2.09. The first-order valence-electron chi connectivity index (χ1n) is 4.45. The van der Waals surface area contributed by atoms with E-state index in [9.17, 15) is 9.59 Å². The molecule has 0 bridgehead atoms. The van der Waals surface area contributed by atoms with Gasteiger partial charge in [-0.25, -0.2) is 0 Å². The van der Waals surface area contributed by atoms with E-state index in [0.717, 1.165) is 0 Å². The topological polar surface area (TPSA) is 58.2 Å². The van der Waals surface area contributed by atoms with Gasteiger partial charge in [0.25, 0.3) is 11.8 Å². The molecule has 1 aromatic rings. The van der Waals surface area contributed by atoms with Gasteiger partial charge in [-0.3, -0.25) is 19.0 Å². The number of benzene rings is 1. The van der Waals surface area contributed by atoms with E-state index < -0.39 is 0 Å². The summed E-state index contributed by atoms with van der Waals surface area (Å²) in [5, 5.41) is 0. The minimum atomic E-state index is -0.202. The van der Waals surface area contributed by atoms with Gasteiger partial charge in [0.05, 0.1) is 0 Å². The molecule has 6 heteroatoms. The fraction of sp³-hybridized carbons (Fsp3) is 0.200. The quantitative estimate of drug-likeness (QED) is 0.805. The number of amides is 2. The second-order valence-electron chi connectivity index (χ2n) is 2.85. The van der Waals surface area contributed by atoms with Crippen LogP contribution in [0.4, 0.5) is 0 Å². The molecule has 2 amide bonds. The van der Waals surface area contributed by atoms with Gasteiger partial charge in [0.15, 0.2) is 0 Å². The van der Waals surface area contributed by atoms with Crippen LogP contribution in [0.25, 0.3) is 0 Å². The Hall–Kier alpha value is -1.14. The van der Waals surface area contributed by atoms with E-state index in [-0.39, 0.29) is 11.8 Å². The van der Waals surface area contributed by atoms with Gasteiger partial charge in [-0.2, -0.15) is 0 Å². The molecule has 0 aromatic heterocycles. The molecule has 0 aliphatic rings. The van der Waals surface area contributed by atoms with Crippen LogP contribution < -0.4 is 9.44 Å². The molecule has 0 spiro atoms. The molecule has 0 radical (unpaired) electrons. The number of rotatable bonds is 4. The molecule has 0 atom stereocenters. The molecule has 1 aromatic carbocycles. The summed E-state index contributed by atoms with van der Waals surface area (Å²) in [6.45, 7) is 0. The summed E-state index contributed by atoms with van der Waals surface area (Å²) in [6, 6.07) is 6.59. The highest BCUT2D eigenvalue weighted by atomic mass is 32.2. The van der Waals surface area contributed by atoms with Crippen LogP contribution in [-0.2, 0) is 0 Å². The van der Waals surface area contributed by atoms with Gasteiger partial charge in [-0.1, -0.05) is 30.0 Å². The Morgan fingerprint density at radius 2 is 1.44 bits per heavy atom. The number of hydrogen-bond donors (Lipinski definition) is 2. The monoisotopic (exact) mass is 256 g/mol. The van der Waals surface area contributed by atoms with Crippen molar-refractivity contribution in [3.63, 3.8) is 0 Å². The molecule has 0 fully saturated rings. The van der Waals surface area contributed by atoms with Crippen LogP contribution >= 0.6 is 23.9 Å². The van der Waals surface area contributed by atoms with Crippen molar-refractivity contribution in [2.45, 2.75) is 0 Å². The lowest BCUT2D eigenvalue weighted by Crippen LogP contribution is -2.18. The minimum absolute atomic E-state index is 0.202. The van der Waals surface area contributed by atoms with Crippen molar-refractivity contribution < 1.29 is 9.59 Å². The van der Waals surface area contributed by atoms with Gasteiger partial charge < -0.3 is 0 Å². The lowest BCUT2D eigenvalue weighted by Gasteiger charge is -2.04. The first kappa shape index (κ1) is 12.9. The summed E-state index contributed by atoms with van der Waals surface area (Å²) in [5.74, 6) is -0.405.